The molecule has 0 spiro atoms. The maximum atomic E-state index is 12.3. The summed E-state index contributed by atoms with van der Waals surface area (Å²) in [4.78, 5) is 17.8. The van der Waals surface area contributed by atoms with Crippen LogP contribution in [-0.2, 0) is 4.74 Å². The maximum absolute atomic E-state index is 12.3. The first kappa shape index (κ1) is 19.1. The molecular weight excluding hydrogens is 356 g/mol. The fourth-order valence-electron chi connectivity index (χ4n) is 4.10. The van der Waals surface area contributed by atoms with Gasteiger partial charge in [0, 0.05) is 37.3 Å². The summed E-state index contributed by atoms with van der Waals surface area (Å²) in [6.07, 6.45) is 4.37. The Balaban J connectivity index is 2.16. The zero-order valence-electron chi connectivity index (χ0n) is 15.3. The fraction of sp³-hybridized carbons (Fsp3) is 0.400. The van der Waals surface area contributed by atoms with Crippen molar-refractivity contribution in [2.24, 2.45) is 17.3 Å². The summed E-state index contributed by atoms with van der Waals surface area (Å²) in [6, 6.07) is 9.58. The van der Waals surface area contributed by atoms with Crippen molar-refractivity contribution in [1.82, 2.24) is 9.88 Å². The van der Waals surface area contributed by atoms with Gasteiger partial charge >= 0.3 is 6.09 Å². The van der Waals surface area contributed by atoms with Crippen molar-refractivity contribution in [3.63, 3.8) is 0 Å². The lowest BCUT2D eigenvalue weighted by atomic mass is 9.55. The molecule has 0 aromatic carbocycles. The molecule has 2 heterocycles. The third-order valence-electron chi connectivity index (χ3n) is 5.38. The average molecular weight is 374 g/mol. The van der Waals surface area contributed by atoms with Gasteiger partial charge in [-0.25, -0.2) is 4.79 Å². The van der Waals surface area contributed by atoms with E-state index in [1.807, 2.05) is 12.1 Å². The molecule has 1 N–H and O–H groups in total. The van der Waals surface area contributed by atoms with Crippen molar-refractivity contribution in [2.45, 2.75) is 12.8 Å². The first-order valence-corrected chi connectivity index (χ1v) is 8.87. The van der Waals surface area contributed by atoms with Crippen LogP contribution in [0.15, 0.2) is 36.2 Å². The lowest BCUT2D eigenvalue weighted by Crippen LogP contribution is -2.53. The van der Waals surface area contributed by atoms with Crippen molar-refractivity contribution >= 4 is 11.8 Å². The molecule has 1 aromatic rings. The van der Waals surface area contributed by atoms with E-state index >= 15 is 0 Å². The molecule has 8 heteroatoms. The van der Waals surface area contributed by atoms with Crippen LogP contribution < -0.4 is 0 Å². The molecule has 1 aliphatic carbocycles. The summed E-state index contributed by atoms with van der Waals surface area (Å²) in [5.74, 6) is -1.90. The van der Waals surface area contributed by atoms with E-state index < -0.39 is 29.3 Å². The van der Waals surface area contributed by atoms with Crippen molar-refractivity contribution in [3.05, 3.63) is 41.7 Å². The van der Waals surface area contributed by atoms with Crippen molar-refractivity contribution in [3.8, 4) is 18.2 Å². The second kappa shape index (κ2) is 7.50. The van der Waals surface area contributed by atoms with Gasteiger partial charge in [-0.3, -0.25) is 4.98 Å². The van der Waals surface area contributed by atoms with Gasteiger partial charge in [-0.1, -0.05) is 6.08 Å². The maximum Gasteiger partial charge on any atom is 0.410 e. The molecule has 3 rings (SSSR count). The lowest BCUT2D eigenvalue weighted by Gasteiger charge is -2.47. The van der Waals surface area contributed by atoms with Crippen LogP contribution in [-0.4, -0.2) is 41.4 Å². The van der Waals surface area contributed by atoms with E-state index in [4.69, 9.17) is 10.1 Å². The SMILES string of the molecule is CCOC(=O)N1CC=C2[C@H](C1)[C@@H](c1ccncc1)[C@@H](C#N)C(=N)C2(C#N)C#N. The molecule has 1 aromatic heterocycles. The highest BCUT2D eigenvalue weighted by Gasteiger charge is 2.56. The minimum absolute atomic E-state index is 0.184. The molecule has 0 unspecified atom stereocenters. The molecule has 1 saturated carbocycles. The number of hydrogen-bond donors (Lipinski definition) is 1. The van der Waals surface area contributed by atoms with E-state index in [1.165, 1.54) is 4.90 Å². The summed E-state index contributed by atoms with van der Waals surface area (Å²) in [5, 5.41) is 37.9. The van der Waals surface area contributed by atoms with Gasteiger partial charge in [0.05, 0.1) is 36.4 Å². The summed E-state index contributed by atoms with van der Waals surface area (Å²) in [5.41, 5.74) is -0.752. The molecule has 140 valence electrons. The van der Waals surface area contributed by atoms with Crippen molar-refractivity contribution < 1.29 is 9.53 Å². The second-order valence-corrected chi connectivity index (χ2v) is 6.67. The second-order valence-electron chi connectivity index (χ2n) is 6.67. The number of hydrogen-bond acceptors (Lipinski definition) is 7. The number of nitrogens with zero attached hydrogens (tertiary/aromatic N) is 5. The molecule has 0 saturated heterocycles. The molecule has 1 aliphatic heterocycles. The van der Waals surface area contributed by atoms with E-state index in [-0.39, 0.29) is 25.4 Å². The number of carbonyl (C=O) groups excluding carboxylic acids is 1. The minimum Gasteiger partial charge on any atom is -0.450 e. The van der Waals surface area contributed by atoms with Crippen LogP contribution in [0.4, 0.5) is 4.79 Å². The highest BCUT2D eigenvalue weighted by Crippen LogP contribution is 2.52. The summed E-state index contributed by atoms with van der Waals surface area (Å²) in [6.45, 7) is 2.33. The van der Waals surface area contributed by atoms with E-state index in [1.54, 1.807) is 37.5 Å². The number of carbonyl (C=O) groups is 1. The molecule has 0 bridgehead atoms. The number of amides is 1. The van der Waals surface area contributed by atoms with Crippen LogP contribution in [0, 0.1) is 56.7 Å². The molecular formula is C20H18N6O2. The molecule has 2 aliphatic rings. The Labute approximate surface area is 162 Å². The van der Waals surface area contributed by atoms with Crippen LogP contribution in [0.25, 0.3) is 0 Å². The largest absolute Gasteiger partial charge is 0.450 e. The number of fused-ring (bicyclic) bond motifs is 1. The highest BCUT2D eigenvalue weighted by atomic mass is 16.6. The molecule has 1 amide bonds. The fourth-order valence-corrected chi connectivity index (χ4v) is 4.10. The van der Waals surface area contributed by atoms with E-state index in [9.17, 15) is 20.6 Å². The molecule has 0 radical (unpaired) electrons. The van der Waals surface area contributed by atoms with E-state index in [0.717, 1.165) is 5.56 Å². The highest BCUT2D eigenvalue weighted by molar-refractivity contribution is 6.01. The van der Waals surface area contributed by atoms with Crippen LogP contribution in [0.1, 0.15) is 18.4 Å². The van der Waals surface area contributed by atoms with E-state index in [0.29, 0.717) is 5.57 Å². The molecule has 1 fully saturated rings. The Morgan fingerprint density at radius 2 is 2.04 bits per heavy atom. The normalized spacial score (nSPS) is 25.4. The topological polar surface area (TPSA) is 138 Å². The number of rotatable bonds is 2. The Morgan fingerprint density at radius 1 is 1.36 bits per heavy atom. The average Bonchev–Trinajstić information content (AvgIpc) is 2.74. The zero-order valence-corrected chi connectivity index (χ0v) is 15.3. The zero-order chi connectivity index (χ0) is 20.3. The number of pyridine rings is 1. The Kier molecular flexibility index (Phi) is 5.11. The first-order chi connectivity index (χ1) is 13.5. The monoisotopic (exact) mass is 374 g/mol. The third kappa shape index (κ3) is 2.78. The summed E-state index contributed by atoms with van der Waals surface area (Å²) >= 11 is 0. The van der Waals surface area contributed by atoms with Crippen LogP contribution in [0.3, 0.4) is 0 Å². The number of ether oxygens (including phenoxy) is 1. The van der Waals surface area contributed by atoms with Crippen LogP contribution >= 0.6 is 0 Å². The quantitative estimate of drug-likeness (QED) is 0.789. The summed E-state index contributed by atoms with van der Waals surface area (Å²) < 4.78 is 5.09. The lowest BCUT2D eigenvalue weighted by molar-refractivity contribution is 0.0998. The molecule has 8 nitrogen and oxygen atoms in total. The first-order valence-electron chi connectivity index (χ1n) is 8.87. The van der Waals surface area contributed by atoms with Crippen LogP contribution in [0.2, 0.25) is 0 Å². The van der Waals surface area contributed by atoms with Gasteiger partial charge in [0.2, 0.25) is 5.41 Å². The predicted octanol–water partition coefficient (Wildman–Crippen LogP) is 2.39. The predicted molar refractivity (Wildman–Crippen MR) is 97.6 cm³/mol. The van der Waals surface area contributed by atoms with Crippen molar-refractivity contribution in [2.75, 3.05) is 19.7 Å². The van der Waals surface area contributed by atoms with Gasteiger partial charge in [0.25, 0.3) is 0 Å². The van der Waals surface area contributed by atoms with E-state index in [2.05, 4.69) is 11.1 Å². The van der Waals surface area contributed by atoms with Gasteiger partial charge < -0.3 is 15.0 Å². The number of nitrogens with one attached hydrogen (secondary N) is 1. The van der Waals surface area contributed by atoms with Crippen LogP contribution in [0.5, 0.6) is 0 Å². The van der Waals surface area contributed by atoms with Gasteiger partial charge in [0.1, 0.15) is 0 Å². The molecule has 28 heavy (non-hydrogen) atoms. The smallest absolute Gasteiger partial charge is 0.410 e. The Hall–Kier alpha value is -3.70. The molecule has 3 atom stereocenters. The number of nitriles is 3. The van der Waals surface area contributed by atoms with Gasteiger partial charge in [-0.2, -0.15) is 15.8 Å². The summed E-state index contributed by atoms with van der Waals surface area (Å²) in [7, 11) is 0. The van der Waals surface area contributed by atoms with Gasteiger partial charge in [-0.15, -0.1) is 0 Å². The number of aromatic nitrogens is 1. The minimum atomic E-state index is -1.80. The Bertz CT molecular complexity index is 936. The van der Waals surface area contributed by atoms with Gasteiger partial charge in [-0.05, 0) is 30.2 Å². The standard InChI is InChI=1S/C20H18N6O2/c1-2-28-19(27)26-8-5-16-15(10-26)17(13-3-6-25-7-4-13)14(9-21)18(24)20(16,11-22)12-23/h3-7,14-15,17,24H,2,8,10H2,1H3/t14-,15+,17+/m1/s1. The third-order valence-corrected chi connectivity index (χ3v) is 5.38. The van der Waals surface area contributed by atoms with Gasteiger partial charge in [0.15, 0.2) is 0 Å². The van der Waals surface area contributed by atoms with Crippen molar-refractivity contribution in [1.29, 1.82) is 21.2 Å². The Morgan fingerprint density at radius 3 is 2.61 bits per heavy atom.